The number of hydrogen-bond acceptors (Lipinski definition) is 3. The molecule has 2 heterocycles. The van der Waals surface area contributed by atoms with Crippen LogP contribution in [-0.2, 0) is 12.0 Å². The maximum atomic E-state index is 13.7. The van der Waals surface area contributed by atoms with E-state index in [1.807, 2.05) is 61.2 Å². The van der Waals surface area contributed by atoms with Gasteiger partial charge in [-0.25, -0.2) is 9.18 Å². The number of nitrogens with one attached hydrogen (secondary N) is 1. The molecule has 0 unspecified atom stereocenters. The summed E-state index contributed by atoms with van der Waals surface area (Å²) in [5.41, 5.74) is 5.75. The number of carbonyl (C=O) groups excluding carboxylic acids is 1. The molecule has 1 fully saturated rings. The van der Waals surface area contributed by atoms with E-state index in [9.17, 15) is 9.18 Å². The monoisotopic (exact) mass is 483 g/mol. The normalized spacial score (nSPS) is 19.4. The Bertz CT molecular complexity index is 1330. The van der Waals surface area contributed by atoms with E-state index in [1.165, 1.54) is 12.1 Å². The number of rotatable bonds is 5. The molecular weight excluding hydrogens is 453 g/mol. The SMILES string of the molecule is Cc1noc(C)c1-c1ccc([C@@H]2CN(C(=O)NCc3ccccc3)C[C@]2(C)c2ccc(F)cc2)cc1. The van der Waals surface area contributed by atoms with E-state index in [2.05, 4.69) is 41.7 Å². The van der Waals surface area contributed by atoms with Gasteiger partial charge in [-0.1, -0.05) is 78.8 Å². The Morgan fingerprint density at radius 1 is 1.06 bits per heavy atom. The van der Waals surface area contributed by atoms with Crippen molar-refractivity contribution in [3.8, 4) is 11.1 Å². The number of benzene rings is 3. The highest BCUT2D eigenvalue weighted by Gasteiger charge is 2.46. The van der Waals surface area contributed by atoms with Gasteiger partial charge < -0.3 is 14.7 Å². The largest absolute Gasteiger partial charge is 0.361 e. The van der Waals surface area contributed by atoms with Crippen LogP contribution in [0.1, 0.15) is 41.0 Å². The summed E-state index contributed by atoms with van der Waals surface area (Å²) in [6.07, 6.45) is 0. The fourth-order valence-electron chi connectivity index (χ4n) is 5.41. The van der Waals surface area contributed by atoms with Gasteiger partial charge in [-0.05, 0) is 48.2 Å². The number of aryl methyl sites for hydroxylation is 2. The van der Waals surface area contributed by atoms with Gasteiger partial charge in [0.05, 0.1) is 5.69 Å². The minimum absolute atomic E-state index is 0.0455. The van der Waals surface area contributed by atoms with E-state index in [0.29, 0.717) is 19.6 Å². The fraction of sp³-hybridized carbons (Fsp3) is 0.267. The molecule has 4 aromatic rings. The number of nitrogens with zero attached hydrogens (tertiary/aromatic N) is 2. The van der Waals surface area contributed by atoms with Crippen LogP contribution in [0.5, 0.6) is 0 Å². The Morgan fingerprint density at radius 3 is 2.39 bits per heavy atom. The lowest BCUT2D eigenvalue weighted by Gasteiger charge is -2.31. The summed E-state index contributed by atoms with van der Waals surface area (Å²) >= 11 is 0. The molecule has 0 aliphatic carbocycles. The van der Waals surface area contributed by atoms with Crippen LogP contribution in [-0.4, -0.2) is 29.2 Å². The first kappa shape index (κ1) is 23.8. The molecule has 0 radical (unpaired) electrons. The molecule has 0 saturated carbocycles. The van der Waals surface area contributed by atoms with Crippen molar-refractivity contribution in [2.75, 3.05) is 13.1 Å². The molecule has 1 N–H and O–H groups in total. The molecule has 5 rings (SSSR count). The Balaban J connectivity index is 1.43. The fourth-order valence-corrected chi connectivity index (χ4v) is 5.41. The van der Waals surface area contributed by atoms with Crippen molar-refractivity contribution in [1.29, 1.82) is 0 Å². The first-order valence-corrected chi connectivity index (χ1v) is 12.2. The molecule has 2 amide bonds. The molecule has 5 nitrogen and oxygen atoms in total. The average Bonchev–Trinajstić information content (AvgIpc) is 3.43. The van der Waals surface area contributed by atoms with Crippen LogP contribution in [0, 0.1) is 19.7 Å². The topological polar surface area (TPSA) is 58.4 Å². The molecule has 0 spiro atoms. The summed E-state index contributed by atoms with van der Waals surface area (Å²) in [4.78, 5) is 15.1. The van der Waals surface area contributed by atoms with E-state index in [4.69, 9.17) is 4.52 Å². The first-order valence-electron chi connectivity index (χ1n) is 12.2. The van der Waals surface area contributed by atoms with E-state index >= 15 is 0 Å². The molecule has 2 atom stereocenters. The van der Waals surface area contributed by atoms with Gasteiger partial charge in [0.25, 0.3) is 0 Å². The third-order valence-corrected chi connectivity index (χ3v) is 7.40. The number of amides is 2. The van der Waals surface area contributed by atoms with Crippen LogP contribution in [0.4, 0.5) is 9.18 Å². The summed E-state index contributed by atoms with van der Waals surface area (Å²) in [6, 6.07) is 24.9. The Morgan fingerprint density at radius 2 is 1.75 bits per heavy atom. The molecule has 184 valence electrons. The molecule has 1 aromatic heterocycles. The van der Waals surface area contributed by atoms with E-state index in [1.54, 1.807) is 0 Å². The van der Waals surface area contributed by atoms with Crippen molar-refractivity contribution in [1.82, 2.24) is 15.4 Å². The highest BCUT2D eigenvalue weighted by atomic mass is 19.1. The standard InChI is InChI=1S/C30H30FN3O2/c1-20-28(21(2)36-33-20)24-11-9-23(10-12-24)27-18-34(29(35)32-17-22-7-5-4-6-8-22)19-30(27,3)25-13-15-26(31)16-14-25/h4-16,27H,17-19H2,1-3H3,(H,32,35)/t27-,30+/m0/s1. The number of urea groups is 1. The Kier molecular flexibility index (Phi) is 6.35. The molecule has 1 aliphatic heterocycles. The number of carbonyl (C=O) groups is 1. The summed E-state index contributed by atoms with van der Waals surface area (Å²) in [5, 5.41) is 7.14. The van der Waals surface area contributed by atoms with E-state index < -0.39 is 0 Å². The minimum atomic E-state index is -0.373. The number of likely N-dealkylation sites (tertiary alicyclic amines) is 1. The molecule has 36 heavy (non-hydrogen) atoms. The summed E-state index contributed by atoms with van der Waals surface area (Å²) in [7, 11) is 0. The van der Waals surface area contributed by atoms with Crippen LogP contribution in [0.15, 0.2) is 83.4 Å². The predicted octanol–water partition coefficient (Wildman–Crippen LogP) is 6.36. The summed E-state index contributed by atoms with van der Waals surface area (Å²) < 4.78 is 19.1. The van der Waals surface area contributed by atoms with Crippen LogP contribution in [0.25, 0.3) is 11.1 Å². The maximum absolute atomic E-state index is 13.7. The second-order valence-electron chi connectivity index (χ2n) is 9.82. The first-order chi connectivity index (χ1) is 17.3. The van der Waals surface area contributed by atoms with Crippen molar-refractivity contribution in [2.45, 2.75) is 38.6 Å². The van der Waals surface area contributed by atoms with Gasteiger partial charge in [0.2, 0.25) is 0 Å². The van der Waals surface area contributed by atoms with Gasteiger partial charge in [-0.3, -0.25) is 0 Å². The number of aromatic nitrogens is 1. The minimum Gasteiger partial charge on any atom is -0.361 e. The zero-order chi connectivity index (χ0) is 25.3. The van der Waals surface area contributed by atoms with Crippen LogP contribution in [0.2, 0.25) is 0 Å². The van der Waals surface area contributed by atoms with E-state index in [-0.39, 0.29) is 23.2 Å². The molecule has 1 aliphatic rings. The van der Waals surface area contributed by atoms with Gasteiger partial charge in [0, 0.05) is 36.5 Å². The summed E-state index contributed by atoms with van der Waals surface area (Å²) in [5.74, 6) is 0.570. The van der Waals surface area contributed by atoms with Crippen molar-refractivity contribution >= 4 is 6.03 Å². The third-order valence-electron chi connectivity index (χ3n) is 7.40. The van der Waals surface area contributed by atoms with Crippen molar-refractivity contribution in [2.24, 2.45) is 0 Å². The third kappa shape index (κ3) is 4.51. The van der Waals surface area contributed by atoms with Crippen LogP contribution < -0.4 is 5.32 Å². The van der Waals surface area contributed by atoms with Gasteiger partial charge in [0.15, 0.2) is 0 Å². The Hall–Kier alpha value is -3.93. The lowest BCUT2D eigenvalue weighted by molar-refractivity contribution is 0.205. The van der Waals surface area contributed by atoms with E-state index in [0.717, 1.165) is 39.3 Å². The average molecular weight is 484 g/mol. The lowest BCUT2D eigenvalue weighted by atomic mass is 9.71. The number of halogens is 1. The molecule has 0 bridgehead atoms. The van der Waals surface area contributed by atoms with Gasteiger partial charge in [0.1, 0.15) is 11.6 Å². The lowest BCUT2D eigenvalue weighted by Crippen LogP contribution is -2.39. The van der Waals surface area contributed by atoms with Crippen molar-refractivity contribution in [3.05, 3.63) is 113 Å². The maximum Gasteiger partial charge on any atom is 0.317 e. The molecule has 3 aromatic carbocycles. The highest BCUT2D eigenvalue weighted by Crippen LogP contribution is 2.45. The van der Waals surface area contributed by atoms with Crippen LogP contribution >= 0.6 is 0 Å². The van der Waals surface area contributed by atoms with Gasteiger partial charge in [-0.15, -0.1) is 0 Å². The molecule has 1 saturated heterocycles. The number of hydrogen-bond donors (Lipinski definition) is 1. The Labute approximate surface area is 210 Å². The van der Waals surface area contributed by atoms with Crippen molar-refractivity contribution in [3.63, 3.8) is 0 Å². The van der Waals surface area contributed by atoms with Gasteiger partial charge >= 0.3 is 6.03 Å². The zero-order valence-corrected chi connectivity index (χ0v) is 20.8. The quantitative estimate of drug-likeness (QED) is 0.359. The predicted molar refractivity (Wildman–Crippen MR) is 138 cm³/mol. The smallest absolute Gasteiger partial charge is 0.317 e. The molecular formula is C30H30FN3O2. The second-order valence-corrected chi connectivity index (χ2v) is 9.82. The van der Waals surface area contributed by atoms with Gasteiger partial charge in [-0.2, -0.15) is 0 Å². The van der Waals surface area contributed by atoms with Crippen LogP contribution in [0.3, 0.4) is 0 Å². The van der Waals surface area contributed by atoms with Crippen molar-refractivity contribution < 1.29 is 13.7 Å². The highest BCUT2D eigenvalue weighted by molar-refractivity contribution is 5.75. The molecule has 6 heteroatoms. The summed E-state index contributed by atoms with van der Waals surface area (Å²) in [6.45, 7) is 7.60. The second kappa shape index (κ2) is 9.61. The zero-order valence-electron chi connectivity index (χ0n) is 20.8.